The first-order chi connectivity index (χ1) is 6.16. The van der Waals surface area contributed by atoms with E-state index in [1.165, 1.54) is 19.3 Å². The van der Waals surface area contributed by atoms with E-state index in [0.717, 1.165) is 25.8 Å². The minimum Gasteiger partial charge on any atom is -0.309 e. The van der Waals surface area contributed by atoms with Crippen LogP contribution in [0.15, 0.2) is 0 Å². The summed E-state index contributed by atoms with van der Waals surface area (Å²) in [6, 6.07) is 0. The number of rotatable bonds is 8. The first kappa shape index (κ1) is 12.6. The van der Waals surface area contributed by atoms with Crippen LogP contribution in [0.4, 0.5) is 0 Å². The molecule has 0 unspecified atom stereocenters. The molecule has 2 nitrogen and oxygen atoms in total. The Hall–Kier alpha value is -0.370. The van der Waals surface area contributed by atoms with Crippen LogP contribution in [0.25, 0.3) is 0 Å². The molecule has 0 bridgehead atoms. The van der Waals surface area contributed by atoms with Gasteiger partial charge in [0.15, 0.2) is 0 Å². The van der Waals surface area contributed by atoms with E-state index >= 15 is 0 Å². The van der Waals surface area contributed by atoms with E-state index in [2.05, 4.69) is 11.8 Å². The SMILES string of the molecule is CCCCCCC(=O)CCN(C)C. The second-order valence-corrected chi connectivity index (χ2v) is 3.90. The zero-order valence-electron chi connectivity index (χ0n) is 9.31. The van der Waals surface area contributed by atoms with Crippen molar-refractivity contribution in [3.63, 3.8) is 0 Å². The smallest absolute Gasteiger partial charge is 0.134 e. The highest BCUT2D eigenvalue weighted by atomic mass is 16.1. The summed E-state index contributed by atoms with van der Waals surface area (Å²) in [7, 11) is 4.01. The van der Waals surface area contributed by atoms with E-state index in [1.54, 1.807) is 0 Å². The predicted octanol–water partition coefficient (Wildman–Crippen LogP) is 2.48. The molecule has 0 spiro atoms. The number of unbranched alkanes of at least 4 members (excludes halogenated alkanes) is 3. The van der Waals surface area contributed by atoms with E-state index in [9.17, 15) is 4.79 Å². The van der Waals surface area contributed by atoms with Gasteiger partial charge >= 0.3 is 0 Å². The zero-order chi connectivity index (χ0) is 10.1. The van der Waals surface area contributed by atoms with Crippen molar-refractivity contribution in [1.29, 1.82) is 0 Å². The Morgan fingerprint density at radius 2 is 1.77 bits per heavy atom. The van der Waals surface area contributed by atoms with Crippen LogP contribution in [-0.4, -0.2) is 31.3 Å². The summed E-state index contributed by atoms with van der Waals surface area (Å²) in [6.45, 7) is 3.08. The van der Waals surface area contributed by atoms with Crippen LogP contribution in [0, 0.1) is 0 Å². The third kappa shape index (κ3) is 9.54. The molecule has 0 aromatic carbocycles. The summed E-state index contributed by atoms with van der Waals surface area (Å²) in [4.78, 5) is 13.3. The van der Waals surface area contributed by atoms with Crippen LogP contribution in [-0.2, 0) is 4.79 Å². The molecule has 0 aliphatic rings. The molecule has 0 aliphatic carbocycles. The second kappa shape index (κ2) is 8.24. The third-order valence-corrected chi connectivity index (χ3v) is 2.15. The molecule has 0 heterocycles. The van der Waals surface area contributed by atoms with E-state index in [0.29, 0.717) is 5.78 Å². The average molecular weight is 185 g/mol. The molecule has 78 valence electrons. The van der Waals surface area contributed by atoms with Crippen LogP contribution in [0.5, 0.6) is 0 Å². The Labute approximate surface area is 82.3 Å². The van der Waals surface area contributed by atoms with Crippen molar-refractivity contribution in [3.8, 4) is 0 Å². The first-order valence-corrected chi connectivity index (χ1v) is 5.33. The number of Topliss-reactive ketones (excluding diaryl/α,β-unsaturated/α-hetero) is 1. The van der Waals surface area contributed by atoms with Gasteiger partial charge in [-0.3, -0.25) is 4.79 Å². The van der Waals surface area contributed by atoms with Gasteiger partial charge < -0.3 is 4.90 Å². The van der Waals surface area contributed by atoms with Gasteiger partial charge in [0.05, 0.1) is 0 Å². The highest BCUT2D eigenvalue weighted by molar-refractivity contribution is 5.78. The maximum atomic E-state index is 11.3. The molecule has 0 saturated heterocycles. The van der Waals surface area contributed by atoms with Crippen molar-refractivity contribution < 1.29 is 4.79 Å². The predicted molar refractivity (Wildman–Crippen MR) is 56.9 cm³/mol. The van der Waals surface area contributed by atoms with Crippen molar-refractivity contribution >= 4 is 5.78 Å². The van der Waals surface area contributed by atoms with Crippen molar-refractivity contribution in [1.82, 2.24) is 4.90 Å². The summed E-state index contributed by atoms with van der Waals surface area (Å²) < 4.78 is 0. The highest BCUT2D eigenvalue weighted by Gasteiger charge is 2.01. The monoisotopic (exact) mass is 185 g/mol. The fraction of sp³-hybridized carbons (Fsp3) is 0.909. The molecule has 0 radical (unpaired) electrons. The lowest BCUT2D eigenvalue weighted by Gasteiger charge is -2.07. The van der Waals surface area contributed by atoms with E-state index in [1.807, 2.05) is 14.1 Å². The molecule has 13 heavy (non-hydrogen) atoms. The van der Waals surface area contributed by atoms with Crippen molar-refractivity contribution in [3.05, 3.63) is 0 Å². The molecule has 2 heteroatoms. The number of hydrogen-bond donors (Lipinski definition) is 0. The fourth-order valence-electron chi connectivity index (χ4n) is 1.22. The zero-order valence-corrected chi connectivity index (χ0v) is 9.31. The van der Waals surface area contributed by atoms with Crippen LogP contribution < -0.4 is 0 Å². The molecular formula is C11H23NO. The summed E-state index contributed by atoms with van der Waals surface area (Å²) in [5, 5.41) is 0. The maximum Gasteiger partial charge on any atom is 0.134 e. The van der Waals surface area contributed by atoms with Crippen molar-refractivity contribution in [2.45, 2.75) is 45.4 Å². The summed E-state index contributed by atoms with van der Waals surface area (Å²) in [5.41, 5.74) is 0. The summed E-state index contributed by atoms with van der Waals surface area (Å²) >= 11 is 0. The van der Waals surface area contributed by atoms with Gasteiger partial charge in [0, 0.05) is 19.4 Å². The summed E-state index contributed by atoms with van der Waals surface area (Å²) in [5.74, 6) is 0.421. The normalized spacial score (nSPS) is 10.8. The van der Waals surface area contributed by atoms with Gasteiger partial charge in [0.2, 0.25) is 0 Å². The second-order valence-electron chi connectivity index (χ2n) is 3.90. The van der Waals surface area contributed by atoms with Gasteiger partial charge in [0.25, 0.3) is 0 Å². The molecule has 0 rings (SSSR count). The molecule has 0 atom stereocenters. The van der Waals surface area contributed by atoms with E-state index < -0.39 is 0 Å². The lowest BCUT2D eigenvalue weighted by Crippen LogP contribution is -2.16. The standard InChI is InChI=1S/C11H23NO/c1-4-5-6-7-8-11(13)9-10-12(2)3/h4-10H2,1-3H3. The highest BCUT2D eigenvalue weighted by Crippen LogP contribution is 2.04. The average Bonchev–Trinajstić information content (AvgIpc) is 2.09. The molecule has 0 N–H and O–H groups in total. The van der Waals surface area contributed by atoms with E-state index in [-0.39, 0.29) is 0 Å². The minimum absolute atomic E-state index is 0.421. The van der Waals surface area contributed by atoms with Crippen molar-refractivity contribution in [2.75, 3.05) is 20.6 Å². The molecule has 0 aromatic heterocycles. The van der Waals surface area contributed by atoms with Crippen LogP contribution >= 0.6 is 0 Å². The molecular weight excluding hydrogens is 162 g/mol. The Bertz CT molecular complexity index is 132. The first-order valence-electron chi connectivity index (χ1n) is 5.33. The Morgan fingerprint density at radius 1 is 1.08 bits per heavy atom. The van der Waals surface area contributed by atoms with Crippen LogP contribution in [0.1, 0.15) is 45.4 Å². The van der Waals surface area contributed by atoms with Gasteiger partial charge in [-0.2, -0.15) is 0 Å². The number of carbonyl (C=O) groups is 1. The van der Waals surface area contributed by atoms with Gasteiger partial charge in [-0.25, -0.2) is 0 Å². The number of nitrogens with zero attached hydrogens (tertiary/aromatic N) is 1. The number of carbonyl (C=O) groups excluding carboxylic acids is 1. The maximum absolute atomic E-state index is 11.3. The molecule has 0 saturated carbocycles. The largest absolute Gasteiger partial charge is 0.309 e. The van der Waals surface area contributed by atoms with Crippen molar-refractivity contribution in [2.24, 2.45) is 0 Å². The number of ketones is 1. The third-order valence-electron chi connectivity index (χ3n) is 2.15. The Morgan fingerprint density at radius 3 is 2.31 bits per heavy atom. The van der Waals surface area contributed by atoms with Gasteiger partial charge in [-0.15, -0.1) is 0 Å². The molecule has 0 fully saturated rings. The Balaban J connectivity index is 3.20. The van der Waals surface area contributed by atoms with E-state index in [4.69, 9.17) is 0 Å². The fourth-order valence-corrected chi connectivity index (χ4v) is 1.22. The van der Waals surface area contributed by atoms with Gasteiger partial charge in [-0.05, 0) is 20.5 Å². The van der Waals surface area contributed by atoms with Crippen LogP contribution in [0.3, 0.4) is 0 Å². The molecule has 0 aromatic rings. The quantitative estimate of drug-likeness (QED) is 0.541. The molecule has 0 aliphatic heterocycles. The lowest BCUT2D eigenvalue weighted by atomic mass is 10.1. The van der Waals surface area contributed by atoms with Gasteiger partial charge in [0.1, 0.15) is 5.78 Å². The summed E-state index contributed by atoms with van der Waals surface area (Å²) in [6.07, 6.45) is 6.31. The van der Waals surface area contributed by atoms with Gasteiger partial charge in [-0.1, -0.05) is 26.2 Å². The molecule has 0 amide bonds. The topological polar surface area (TPSA) is 20.3 Å². The Kier molecular flexibility index (Phi) is 8.00. The lowest BCUT2D eigenvalue weighted by molar-refractivity contribution is -0.119. The number of hydrogen-bond acceptors (Lipinski definition) is 2. The van der Waals surface area contributed by atoms with Crippen LogP contribution in [0.2, 0.25) is 0 Å². The minimum atomic E-state index is 0.421.